The summed E-state index contributed by atoms with van der Waals surface area (Å²) < 4.78 is 6.99. The second-order valence-electron chi connectivity index (χ2n) is 7.29. The van der Waals surface area contributed by atoms with Crippen molar-refractivity contribution in [3.8, 4) is 0 Å². The van der Waals surface area contributed by atoms with Crippen LogP contribution in [0.3, 0.4) is 0 Å². The quantitative estimate of drug-likeness (QED) is 0.465. The zero-order valence-corrected chi connectivity index (χ0v) is 16.3. The molecular weight excluding hydrogens is 348 g/mol. The number of para-hydroxylation sites is 1. The number of carbonyl (C=O) groups is 1. The highest BCUT2D eigenvalue weighted by Gasteiger charge is 2.25. The molecule has 2 aromatic carbocycles. The lowest BCUT2D eigenvalue weighted by Gasteiger charge is -2.25. The van der Waals surface area contributed by atoms with E-state index >= 15 is 0 Å². The van der Waals surface area contributed by atoms with E-state index in [0.717, 1.165) is 25.2 Å². The fourth-order valence-corrected chi connectivity index (χ4v) is 4.10. The van der Waals surface area contributed by atoms with Crippen molar-refractivity contribution in [3.63, 3.8) is 0 Å². The Labute approximate surface area is 166 Å². The van der Waals surface area contributed by atoms with Crippen molar-refractivity contribution in [3.05, 3.63) is 78.0 Å². The molecule has 2 heterocycles. The van der Waals surface area contributed by atoms with Crippen molar-refractivity contribution in [1.82, 2.24) is 9.47 Å². The summed E-state index contributed by atoms with van der Waals surface area (Å²) in [4.78, 5) is 13.8. The van der Waals surface area contributed by atoms with E-state index in [1.165, 1.54) is 42.5 Å². The maximum Gasteiger partial charge on any atom is 0.330 e. The molecule has 144 valence electrons. The number of esters is 1. The Morgan fingerprint density at radius 2 is 1.93 bits per heavy atom. The minimum Gasteiger partial charge on any atom is -0.466 e. The van der Waals surface area contributed by atoms with Crippen molar-refractivity contribution >= 4 is 22.9 Å². The molecule has 28 heavy (non-hydrogen) atoms. The third kappa shape index (κ3) is 4.02. The largest absolute Gasteiger partial charge is 0.466 e. The highest BCUT2D eigenvalue weighted by Crippen LogP contribution is 2.32. The third-order valence-electron chi connectivity index (χ3n) is 5.61. The number of benzene rings is 2. The van der Waals surface area contributed by atoms with Crippen LogP contribution in [0.15, 0.2) is 66.9 Å². The summed E-state index contributed by atoms with van der Waals surface area (Å²) in [7, 11) is 1.39. The van der Waals surface area contributed by atoms with Gasteiger partial charge in [0.2, 0.25) is 0 Å². The van der Waals surface area contributed by atoms with E-state index in [-0.39, 0.29) is 5.97 Å². The molecule has 0 radical (unpaired) electrons. The van der Waals surface area contributed by atoms with Crippen molar-refractivity contribution in [2.45, 2.75) is 25.4 Å². The standard InChI is InChI=1S/C24H26N2O2/c1-28-24(27)13-10-19-8-11-21(12-9-19)23-7-4-15-25(23)17-18-26-16-14-20-5-2-3-6-22(20)26/h2-3,5-6,8-14,16,23H,4,7,15,17-18H2,1H3. The first-order valence-corrected chi connectivity index (χ1v) is 9.88. The molecule has 1 atom stereocenters. The lowest BCUT2D eigenvalue weighted by atomic mass is 10.0. The zero-order valence-electron chi connectivity index (χ0n) is 16.3. The number of hydrogen-bond donors (Lipinski definition) is 0. The average Bonchev–Trinajstić information content (AvgIpc) is 3.37. The number of carbonyl (C=O) groups excluding carboxylic acids is 1. The molecule has 1 aromatic heterocycles. The predicted molar refractivity (Wildman–Crippen MR) is 113 cm³/mol. The van der Waals surface area contributed by atoms with Gasteiger partial charge in [-0.2, -0.15) is 0 Å². The van der Waals surface area contributed by atoms with Crippen LogP contribution in [-0.4, -0.2) is 35.6 Å². The normalized spacial score (nSPS) is 17.5. The number of hydrogen-bond acceptors (Lipinski definition) is 3. The minimum atomic E-state index is -0.330. The number of nitrogens with zero attached hydrogens (tertiary/aromatic N) is 2. The summed E-state index contributed by atoms with van der Waals surface area (Å²) in [6.45, 7) is 3.20. The first-order valence-electron chi connectivity index (χ1n) is 9.88. The van der Waals surface area contributed by atoms with Gasteiger partial charge in [-0.3, -0.25) is 4.90 Å². The first-order chi connectivity index (χ1) is 13.7. The average molecular weight is 374 g/mol. The molecule has 0 bridgehead atoms. The minimum absolute atomic E-state index is 0.330. The highest BCUT2D eigenvalue weighted by molar-refractivity contribution is 5.86. The monoisotopic (exact) mass is 374 g/mol. The topological polar surface area (TPSA) is 34.5 Å². The van der Waals surface area contributed by atoms with Crippen LogP contribution in [0, 0.1) is 0 Å². The zero-order chi connectivity index (χ0) is 19.3. The van der Waals surface area contributed by atoms with Gasteiger partial charge in [0.15, 0.2) is 0 Å². The molecule has 0 amide bonds. The number of ether oxygens (including phenoxy) is 1. The summed E-state index contributed by atoms with van der Waals surface area (Å²) in [6.07, 6.45) is 7.88. The lowest BCUT2D eigenvalue weighted by Crippen LogP contribution is -2.27. The van der Waals surface area contributed by atoms with E-state index in [4.69, 9.17) is 0 Å². The van der Waals surface area contributed by atoms with Gasteiger partial charge in [0, 0.05) is 36.9 Å². The Kier molecular flexibility index (Phi) is 5.58. The van der Waals surface area contributed by atoms with Crippen LogP contribution in [-0.2, 0) is 16.1 Å². The second kappa shape index (κ2) is 8.44. The summed E-state index contributed by atoms with van der Waals surface area (Å²) in [6, 6.07) is 19.7. The fraction of sp³-hybridized carbons (Fsp3) is 0.292. The Balaban J connectivity index is 1.42. The highest BCUT2D eigenvalue weighted by atomic mass is 16.5. The van der Waals surface area contributed by atoms with Gasteiger partial charge in [-0.15, -0.1) is 0 Å². The number of rotatable bonds is 6. The number of fused-ring (bicyclic) bond motifs is 1. The van der Waals surface area contributed by atoms with E-state index in [1.54, 1.807) is 6.08 Å². The van der Waals surface area contributed by atoms with Crippen molar-refractivity contribution in [1.29, 1.82) is 0 Å². The van der Waals surface area contributed by atoms with Crippen LogP contribution >= 0.6 is 0 Å². The molecule has 0 N–H and O–H groups in total. The number of aromatic nitrogens is 1. The van der Waals surface area contributed by atoms with E-state index in [0.29, 0.717) is 6.04 Å². The predicted octanol–water partition coefficient (Wildman–Crippen LogP) is 4.66. The van der Waals surface area contributed by atoms with Gasteiger partial charge in [-0.1, -0.05) is 42.5 Å². The Hall–Kier alpha value is -2.85. The van der Waals surface area contributed by atoms with Crippen molar-refractivity contribution < 1.29 is 9.53 Å². The first kappa shape index (κ1) is 18.5. The SMILES string of the molecule is COC(=O)C=Cc1ccc(C2CCCN2CCn2ccc3ccccc32)cc1. The number of methoxy groups -OCH3 is 1. The van der Waals surface area contributed by atoms with Crippen LogP contribution in [0.25, 0.3) is 17.0 Å². The van der Waals surface area contributed by atoms with Crippen LogP contribution in [0.4, 0.5) is 0 Å². The Morgan fingerprint density at radius 3 is 2.75 bits per heavy atom. The van der Waals surface area contributed by atoms with E-state index in [9.17, 15) is 4.79 Å². The van der Waals surface area contributed by atoms with Gasteiger partial charge in [0.05, 0.1) is 7.11 Å². The molecule has 1 aliphatic rings. The van der Waals surface area contributed by atoms with Crippen molar-refractivity contribution in [2.24, 2.45) is 0 Å². The molecule has 1 unspecified atom stereocenters. The molecule has 4 rings (SSSR count). The smallest absolute Gasteiger partial charge is 0.330 e. The van der Waals surface area contributed by atoms with E-state index in [1.807, 2.05) is 0 Å². The molecular formula is C24H26N2O2. The Bertz CT molecular complexity index is 972. The van der Waals surface area contributed by atoms with Gasteiger partial charge in [-0.25, -0.2) is 4.79 Å². The molecule has 1 aliphatic heterocycles. The Morgan fingerprint density at radius 1 is 1.11 bits per heavy atom. The molecule has 4 heteroatoms. The molecule has 1 saturated heterocycles. The summed E-state index contributed by atoms with van der Waals surface area (Å²) in [5.41, 5.74) is 3.67. The molecule has 3 aromatic rings. The van der Waals surface area contributed by atoms with E-state index < -0.39 is 0 Å². The maximum atomic E-state index is 11.2. The van der Waals surface area contributed by atoms with Gasteiger partial charge in [0.25, 0.3) is 0 Å². The number of likely N-dealkylation sites (tertiary alicyclic amines) is 1. The van der Waals surface area contributed by atoms with Gasteiger partial charge in [-0.05, 0) is 54.1 Å². The maximum absolute atomic E-state index is 11.2. The van der Waals surface area contributed by atoms with Crippen molar-refractivity contribution in [2.75, 3.05) is 20.2 Å². The van der Waals surface area contributed by atoms with Crippen LogP contribution in [0.1, 0.15) is 30.0 Å². The molecule has 4 nitrogen and oxygen atoms in total. The lowest BCUT2D eigenvalue weighted by molar-refractivity contribution is -0.134. The van der Waals surface area contributed by atoms with Crippen LogP contribution < -0.4 is 0 Å². The van der Waals surface area contributed by atoms with Gasteiger partial charge < -0.3 is 9.30 Å². The van der Waals surface area contributed by atoms with Crippen LogP contribution in [0.2, 0.25) is 0 Å². The van der Waals surface area contributed by atoms with Crippen LogP contribution in [0.5, 0.6) is 0 Å². The second-order valence-corrected chi connectivity index (χ2v) is 7.29. The molecule has 0 spiro atoms. The molecule has 0 saturated carbocycles. The summed E-state index contributed by atoms with van der Waals surface area (Å²) >= 11 is 0. The van der Waals surface area contributed by atoms with Gasteiger partial charge >= 0.3 is 5.97 Å². The molecule has 0 aliphatic carbocycles. The summed E-state index contributed by atoms with van der Waals surface area (Å²) in [5, 5.41) is 1.30. The summed E-state index contributed by atoms with van der Waals surface area (Å²) in [5.74, 6) is -0.330. The fourth-order valence-electron chi connectivity index (χ4n) is 4.10. The third-order valence-corrected chi connectivity index (χ3v) is 5.61. The molecule has 1 fully saturated rings. The van der Waals surface area contributed by atoms with E-state index in [2.05, 4.69) is 75.0 Å². The van der Waals surface area contributed by atoms with Gasteiger partial charge in [0.1, 0.15) is 0 Å².